The van der Waals surface area contributed by atoms with Gasteiger partial charge in [0.1, 0.15) is 0 Å². The molecule has 0 unspecified atom stereocenters. The van der Waals surface area contributed by atoms with Crippen LogP contribution in [0.15, 0.2) is 40.2 Å². The summed E-state index contributed by atoms with van der Waals surface area (Å²) < 4.78 is 1.16. The number of rotatable bonds is 3. The summed E-state index contributed by atoms with van der Waals surface area (Å²) in [5.74, 6) is 0.0383. The van der Waals surface area contributed by atoms with E-state index in [1.54, 1.807) is 23.5 Å². The van der Waals surface area contributed by atoms with E-state index in [9.17, 15) is 4.79 Å². The van der Waals surface area contributed by atoms with E-state index in [0.29, 0.717) is 10.6 Å². The Kier molecular flexibility index (Phi) is 5.75. The Balaban J connectivity index is 1.62. The van der Waals surface area contributed by atoms with Gasteiger partial charge < -0.3 is 4.90 Å². The second kappa shape index (κ2) is 7.79. The van der Waals surface area contributed by atoms with Gasteiger partial charge in [0.2, 0.25) is 0 Å². The lowest BCUT2D eigenvalue weighted by Gasteiger charge is -2.22. The lowest BCUT2D eigenvalue weighted by atomic mass is 10.2. The normalized spacial score (nSPS) is 16.3. The van der Waals surface area contributed by atoms with Gasteiger partial charge in [0.25, 0.3) is 5.91 Å². The van der Waals surface area contributed by atoms with Crippen LogP contribution in [0.4, 0.5) is 0 Å². The molecule has 2 heterocycles. The monoisotopic (exact) mass is 412 g/mol. The quantitative estimate of drug-likeness (QED) is 0.739. The van der Waals surface area contributed by atoms with Gasteiger partial charge in [0, 0.05) is 37.6 Å². The van der Waals surface area contributed by atoms with Crippen LogP contribution in [0.2, 0.25) is 5.02 Å². The van der Waals surface area contributed by atoms with Crippen LogP contribution < -0.4 is 0 Å². The van der Waals surface area contributed by atoms with E-state index < -0.39 is 0 Å². The smallest absolute Gasteiger partial charge is 0.255 e. The molecule has 1 aliphatic heterocycles. The van der Waals surface area contributed by atoms with Gasteiger partial charge in [0.05, 0.1) is 14.4 Å². The maximum Gasteiger partial charge on any atom is 0.255 e. The minimum Gasteiger partial charge on any atom is -0.337 e. The van der Waals surface area contributed by atoms with E-state index >= 15 is 0 Å². The number of amides is 1. The van der Waals surface area contributed by atoms with Gasteiger partial charge in [-0.05, 0) is 46.6 Å². The van der Waals surface area contributed by atoms with Crippen LogP contribution >= 0.6 is 38.9 Å². The SMILES string of the molecule is O=C(c1ccccc1Cl)N1CCCN(Cc2ccc(Br)s2)CC1. The molecule has 1 aromatic heterocycles. The molecule has 1 amide bonds. The summed E-state index contributed by atoms with van der Waals surface area (Å²) in [6.45, 7) is 4.39. The number of halogens is 2. The van der Waals surface area contributed by atoms with Gasteiger partial charge in [-0.15, -0.1) is 11.3 Å². The van der Waals surface area contributed by atoms with Crippen molar-refractivity contribution in [2.45, 2.75) is 13.0 Å². The molecule has 3 rings (SSSR count). The Morgan fingerprint density at radius 1 is 1.13 bits per heavy atom. The highest BCUT2D eigenvalue weighted by Gasteiger charge is 2.21. The van der Waals surface area contributed by atoms with Gasteiger partial charge in [0.15, 0.2) is 0 Å². The van der Waals surface area contributed by atoms with E-state index in [-0.39, 0.29) is 5.91 Å². The Labute approximate surface area is 154 Å². The van der Waals surface area contributed by atoms with Crippen LogP contribution in [0.1, 0.15) is 21.7 Å². The Morgan fingerprint density at radius 3 is 2.70 bits per heavy atom. The fourth-order valence-corrected chi connectivity index (χ4v) is 4.54. The first-order valence-corrected chi connectivity index (χ1v) is 9.62. The van der Waals surface area contributed by atoms with Gasteiger partial charge in [-0.3, -0.25) is 9.69 Å². The number of carbonyl (C=O) groups is 1. The minimum absolute atomic E-state index is 0.0383. The molecule has 6 heteroatoms. The van der Waals surface area contributed by atoms with E-state index in [0.717, 1.165) is 42.9 Å². The van der Waals surface area contributed by atoms with Crippen molar-refractivity contribution in [2.24, 2.45) is 0 Å². The molecule has 122 valence electrons. The molecule has 0 saturated carbocycles. The maximum atomic E-state index is 12.7. The number of hydrogen-bond donors (Lipinski definition) is 0. The predicted octanol–water partition coefficient (Wildman–Crippen LogP) is 4.51. The number of carbonyl (C=O) groups excluding carboxylic acids is 1. The van der Waals surface area contributed by atoms with Crippen molar-refractivity contribution >= 4 is 44.8 Å². The van der Waals surface area contributed by atoms with Gasteiger partial charge in [-0.2, -0.15) is 0 Å². The fourth-order valence-electron chi connectivity index (χ4n) is 2.79. The summed E-state index contributed by atoms with van der Waals surface area (Å²) >= 11 is 11.4. The van der Waals surface area contributed by atoms with Crippen LogP contribution in [-0.2, 0) is 6.54 Å². The molecule has 23 heavy (non-hydrogen) atoms. The van der Waals surface area contributed by atoms with Crippen molar-refractivity contribution in [1.29, 1.82) is 0 Å². The second-order valence-corrected chi connectivity index (χ2v) is 8.56. The lowest BCUT2D eigenvalue weighted by Crippen LogP contribution is -2.35. The summed E-state index contributed by atoms with van der Waals surface area (Å²) in [5.41, 5.74) is 0.602. The molecule has 1 fully saturated rings. The number of nitrogens with zero attached hydrogens (tertiary/aromatic N) is 2. The highest BCUT2D eigenvalue weighted by Crippen LogP contribution is 2.24. The second-order valence-electron chi connectivity index (χ2n) is 5.61. The van der Waals surface area contributed by atoms with Crippen LogP contribution in [0.25, 0.3) is 0 Å². The van der Waals surface area contributed by atoms with Crippen LogP contribution in [0, 0.1) is 0 Å². The largest absolute Gasteiger partial charge is 0.337 e. The van der Waals surface area contributed by atoms with E-state index in [1.807, 2.05) is 17.0 Å². The lowest BCUT2D eigenvalue weighted by molar-refractivity contribution is 0.0761. The van der Waals surface area contributed by atoms with Crippen LogP contribution in [0.5, 0.6) is 0 Å². The highest BCUT2D eigenvalue weighted by atomic mass is 79.9. The molecule has 3 nitrogen and oxygen atoms in total. The van der Waals surface area contributed by atoms with Gasteiger partial charge >= 0.3 is 0 Å². The zero-order valence-electron chi connectivity index (χ0n) is 12.7. The molecular formula is C17H18BrClN2OS. The van der Waals surface area contributed by atoms with Crippen molar-refractivity contribution in [1.82, 2.24) is 9.80 Å². The number of hydrogen-bond acceptors (Lipinski definition) is 3. The molecule has 0 N–H and O–H groups in total. The molecule has 0 spiro atoms. The van der Waals surface area contributed by atoms with Gasteiger partial charge in [-0.1, -0.05) is 23.7 Å². The minimum atomic E-state index is 0.0383. The molecule has 1 saturated heterocycles. The summed E-state index contributed by atoms with van der Waals surface area (Å²) in [5, 5.41) is 0.530. The van der Waals surface area contributed by atoms with Crippen molar-refractivity contribution in [2.75, 3.05) is 26.2 Å². The van der Waals surface area contributed by atoms with Crippen LogP contribution in [-0.4, -0.2) is 41.9 Å². The van der Waals surface area contributed by atoms with E-state index in [2.05, 4.69) is 33.0 Å². The highest BCUT2D eigenvalue weighted by molar-refractivity contribution is 9.11. The van der Waals surface area contributed by atoms with E-state index in [1.165, 1.54) is 4.88 Å². The summed E-state index contributed by atoms with van der Waals surface area (Å²) in [4.78, 5) is 18.3. The molecular weight excluding hydrogens is 396 g/mol. The van der Waals surface area contributed by atoms with Crippen molar-refractivity contribution in [3.05, 3.63) is 55.6 Å². The van der Waals surface area contributed by atoms with Crippen molar-refractivity contribution in [3.8, 4) is 0 Å². The maximum absolute atomic E-state index is 12.7. The Morgan fingerprint density at radius 2 is 1.96 bits per heavy atom. The summed E-state index contributed by atoms with van der Waals surface area (Å²) in [7, 11) is 0. The topological polar surface area (TPSA) is 23.6 Å². The van der Waals surface area contributed by atoms with E-state index in [4.69, 9.17) is 11.6 Å². The first kappa shape index (κ1) is 17.0. The molecule has 0 atom stereocenters. The van der Waals surface area contributed by atoms with Gasteiger partial charge in [-0.25, -0.2) is 0 Å². The Bertz CT molecular complexity index is 691. The standard InChI is InChI=1S/C17H18BrClN2OS/c18-16-7-6-13(23-16)12-20-8-3-9-21(11-10-20)17(22)14-4-1-2-5-15(14)19/h1-2,4-7H,3,8-12H2. The van der Waals surface area contributed by atoms with Crippen LogP contribution in [0.3, 0.4) is 0 Å². The fraction of sp³-hybridized carbons (Fsp3) is 0.353. The van der Waals surface area contributed by atoms with Crippen molar-refractivity contribution < 1.29 is 4.79 Å². The number of benzene rings is 1. The zero-order chi connectivity index (χ0) is 16.2. The number of thiophene rings is 1. The summed E-state index contributed by atoms with van der Waals surface area (Å²) in [6, 6.07) is 11.5. The zero-order valence-corrected chi connectivity index (χ0v) is 15.8. The Hall–Kier alpha value is -0.880. The first-order valence-electron chi connectivity index (χ1n) is 7.64. The third kappa shape index (κ3) is 4.35. The molecule has 2 aromatic rings. The molecule has 1 aliphatic rings. The first-order chi connectivity index (χ1) is 11.1. The third-order valence-corrected chi connectivity index (χ3v) is 5.93. The molecule has 1 aromatic carbocycles. The molecule has 0 aliphatic carbocycles. The molecule has 0 radical (unpaired) electrons. The summed E-state index contributed by atoms with van der Waals surface area (Å²) in [6.07, 6.45) is 0.989. The molecule has 0 bridgehead atoms. The average Bonchev–Trinajstić information content (AvgIpc) is 2.81. The third-order valence-electron chi connectivity index (χ3n) is 3.99. The predicted molar refractivity (Wildman–Crippen MR) is 99.3 cm³/mol. The average molecular weight is 414 g/mol. The van der Waals surface area contributed by atoms with Crippen molar-refractivity contribution in [3.63, 3.8) is 0 Å².